The van der Waals surface area contributed by atoms with Crippen LogP contribution in [0.25, 0.3) is 0 Å². The number of benzene rings is 1. The third-order valence-electron chi connectivity index (χ3n) is 3.63. The minimum Gasteiger partial charge on any atom is -0.508 e. The Morgan fingerprint density at radius 3 is 3.06 bits per heavy atom. The quantitative estimate of drug-likeness (QED) is 0.879. The minimum absolute atomic E-state index is 0.376. The van der Waals surface area contributed by atoms with Crippen LogP contribution in [0.4, 0.5) is 0 Å². The van der Waals surface area contributed by atoms with Crippen LogP contribution in [0, 0.1) is 0 Å². The molecule has 18 heavy (non-hydrogen) atoms. The van der Waals surface area contributed by atoms with Crippen LogP contribution in [-0.2, 0) is 6.42 Å². The lowest BCUT2D eigenvalue weighted by Gasteiger charge is -2.19. The summed E-state index contributed by atoms with van der Waals surface area (Å²) in [6.07, 6.45) is 2.17. The molecule has 1 aromatic heterocycles. The zero-order chi connectivity index (χ0) is 12.5. The number of hydrogen-bond donors (Lipinski definition) is 2. The summed E-state index contributed by atoms with van der Waals surface area (Å²) in [7, 11) is 0. The first-order chi connectivity index (χ1) is 8.74. The molecule has 0 saturated heterocycles. The average Bonchev–Trinajstić information content (AvgIpc) is 2.98. The van der Waals surface area contributed by atoms with E-state index < -0.39 is 0 Å². The Labute approximate surface area is 111 Å². The van der Waals surface area contributed by atoms with Gasteiger partial charge in [0.15, 0.2) is 0 Å². The topological polar surface area (TPSA) is 32.3 Å². The highest BCUT2D eigenvalue weighted by Crippen LogP contribution is 2.35. The smallest absolute Gasteiger partial charge is 0.115 e. The van der Waals surface area contributed by atoms with Crippen LogP contribution in [0.15, 0.2) is 35.7 Å². The standard InChI is InChI=1S/C15H17NOS/c1-10(15-3-2-8-18-15)16-14-7-4-11-9-12(17)5-6-13(11)14/h2-3,5-6,8-10,14,16-17H,4,7H2,1H3. The van der Waals surface area contributed by atoms with Gasteiger partial charge in [0, 0.05) is 17.0 Å². The third kappa shape index (κ3) is 2.16. The summed E-state index contributed by atoms with van der Waals surface area (Å²) in [6.45, 7) is 2.21. The van der Waals surface area contributed by atoms with E-state index in [1.807, 2.05) is 6.07 Å². The Morgan fingerprint density at radius 2 is 2.28 bits per heavy atom. The van der Waals surface area contributed by atoms with Gasteiger partial charge in [0.25, 0.3) is 0 Å². The number of phenolic OH excluding ortho intramolecular Hbond substituents is 1. The molecule has 3 heteroatoms. The van der Waals surface area contributed by atoms with Crippen LogP contribution in [-0.4, -0.2) is 5.11 Å². The molecule has 0 saturated carbocycles. The van der Waals surface area contributed by atoms with E-state index in [0.29, 0.717) is 17.8 Å². The van der Waals surface area contributed by atoms with Gasteiger partial charge < -0.3 is 10.4 Å². The molecule has 2 unspecified atom stereocenters. The van der Waals surface area contributed by atoms with Gasteiger partial charge in [0.1, 0.15) is 5.75 Å². The van der Waals surface area contributed by atoms with Crippen LogP contribution in [0.3, 0.4) is 0 Å². The Balaban J connectivity index is 1.77. The molecule has 2 aromatic rings. The van der Waals surface area contributed by atoms with Crippen LogP contribution < -0.4 is 5.32 Å². The number of rotatable bonds is 3. The molecule has 1 aliphatic rings. The monoisotopic (exact) mass is 259 g/mol. The van der Waals surface area contributed by atoms with Crippen molar-refractivity contribution in [2.75, 3.05) is 0 Å². The zero-order valence-corrected chi connectivity index (χ0v) is 11.2. The largest absolute Gasteiger partial charge is 0.508 e. The lowest BCUT2D eigenvalue weighted by atomic mass is 10.1. The van der Waals surface area contributed by atoms with Crippen molar-refractivity contribution in [3.05, 3.63) is 51.7 Å². The number of aryl methyl sites for hydroxylation is 1. The van der Waals surface area contributed by atoms with Gasteiger partial charge in [-0.3, -0.25) is 0 Å². The summed E-state index contributed by atoms with van der Waals surface area (Å²) < 4.78 is 0. The van der Waals surface area contributed by atoms with Gasteiger partial charge in [0.2, 0.25) is 0 Å². The Hall–Kier alpha value is -1.32. The van der Waals surface area contributed by atoms with Gasteiger partial charge in [-0.05, 0) is 54.5 Å². The van der Waals surface area contributed by atoms with Crippen LogP contribution in [0.1, 0.15) is 41.4 Å². The first kappa shape index (κ1) is 11.8. The fourth-order valence-electron chi connectivity index (χ4n) is 2.70. The van der Waals surface area contributed by atoms with Gasteiger partial charge in [-0.1, -0.05) is 12.1 Å². The first-order valence-corrected chi connectivity index (χ1v) is 7.23. The third-order valence-corrected chi connectivity index (χ3v) is 4.68. The number of hydrogen-bond acceptors (Lipinski definition) is 3. The molecule has 2 N–H and O–H groups in total. The second-order valence-corrected chi connectivity index (χ2v) is 5.86. The second kappa shape index (κ2) is 4.75. The lowest BCUT2D eigenvalue weighted by Crippen LogP contribution is -2.22. The fourth-order valence-corrected chi connectivity index (χ4v) is 3.44. The first-order valence-electron chi connectivity index (χ1n) is 6.35. The molecule has 2 nitrogen and oxygen atoms in total. The van der Waals surface area contributed by atoms with Crippen LogP contribution in [0.5, 0.6) is 5.75 Å². The molecule has 1 heterocycles. The predicted octanol–water partition coefficient (Wildman–Crippen LogP) is 3.79. The highest BCUT2D eigenvalue weighted by atomic mass is 32.1. The number of aromatic hydroxyl groups is 1. The molecular weight excluding hydrogens is 242 g/mol. The van der Waals surface area contributed by atoms with Gasteiger partial charge in [-0.15, -0.1) is 11.3 Å². The molecular formula is C15H17NOS. The van der Waals surface area contributed by atoms with Crippen molar-refractivity contribution in [1.82, 2.24) is 5.32 Å². The predicted molar refractivity (Wildman–Crippen MR) is 75.0 cm³/mol. The normalized spacial score (nSPS) is 19.7. The molecule has 94 valence electrons. The van der Waals surface area contributed by atoms with E-state index in [4.69, 9.17) is 0 Å². The second-order valence-electron chi connectivity index (χ2n) is 4.88. The summed E-state index contributed by atoms with van der Waals surface area (Å²) in [5, 5.41) is 15.3. The van der Waals surface area contributed by atoms with E-state index in [0.717, 1.165) is 12.8 Å². The molecule has 1 aromatic carbocycles. The Kier molecular flexibility index (Phi) is 3.10. The van der Waals surface area contributed by atoms with Gasteiger partial charge in [0.05, 0.1) is 0 Å². The maximum Gasteiger partial charge on any atom is 0.115 e. The molecule has 0 radical (unpaired) electrons. The van der Waals surface area contributed by atoms with Crippen LogP contribution >= 0.6 is 11.3 Å². The SMILES string of the molecule is CC(NC1CCc2cc(O)ccc21)c1cccs1. The highest BCUT2D eigenvalue weighted by Gasteiger charge is 2.24. The Morgan fingerprint density at radius 1 is 1.39 bits per heavy atom. The fraction of sp³-hybridized carbons (Fsp3) is 0.333. The van der Waals surface area contributed by atoms with Gasteiger partial charge >= 0.3 is 0 Å². The van der Waals surface area contributed by atoms with Crippen molar-refractivity contribution in [3.8, 4) is 5.75 Å². The van der Waals surface area contributed by atoms with Crippen LogP contribution in [0.2, 0.25) is 0 Å². The summed E-state index contributed by atoms with van der Waals surface area (Å²) in [4.78, 5) is 1.38. The maximum atomic E-state index is 9.50. The minimum atomic E-state index is 0.376. The lowest BCUT2D eigenvalue weighted by molar-refractivity contribution is 0.468. The average molecular weight is 259 g/mol. The van der Waals surface area contributed by atoms with Crippen molar-refractivity contribution in [3.63, 3.8) is 0 Å². The summed E-state index contributed by atoms with van der Waals surface area (Å²) in [5.41, 5.74) is 2.63. The summed E-state index contributed by atoms with van der Waals surface area (Å²) >= 11 is 1.80. The summed E-state index contributed by atoms with van der Waals surface area (Å²) in [5.74, 6) is 0.376. The van der Waals surface area contributed by atoms with E-state index in [1.165, 1.54) is 16.0 Å². The van der Waals surface area contributed by atoms with Crippen molar-refractivity contribution in [2.45, 2.75) is 31.8 Å². The van der Waals surface area contributed by atoms with E-state index in [1.54, 1.807) is 17.4 Å². The molecule has 3 rings (SSSR count). The molecule has 1 aliphatic carbocycles. The van der Waals surface area contributed by atoms with E-state index >= 15 is 0 Å². The van der Waals surface area contributed by atoms with E-state index in [2.05, 4.69) is 35.8 Å². The zero-order valence-electron chi connectivity index (χ0n) is 10.4. The van der Waals surface area contributed by atoms with E-state index in [-0.39, 0.29) is 0 Å². The van der Waals surface area contributed by atoms with Gasteiger partial charge in [-0.2, -0.15) is 0 Å². The molecule has 0 bridgehead atoms. The highest BCUT2D eigenvalue weighted by molar-refractivity contribution is 7.10. The molecule has 0 spiro atoms. The van der Waals surface area contributed by atoms with Crippen molar-refractivity contribution in [1.29, 1.82) is 0 Å². The molecule has 0 fully saturated rings. The molecule has 0 aliphatic heterocycles. The number of fused-ring (bicyclic) bond motifs is 1. The molecule has 2 atom stereocenters. The van der Waals surface area contributed by atoms with Gasteiger partial charge in [-0.25, -0.2) is 0 Å². The molecule has 0 amide bonds. The van der Waals surface area contributed by atoms with E-state index in [9.17, 15) is 5.11 Å². The van der Waals surface area contributed by atoms with Crippen molar-refractivity contribution >= 4 is 11.3 Å². The van der Waals surface area contributed by atoms with Crippen molar-refractivity contribution in [2.24, 2.45) is 0 Å². The number of phenols is 1. The summed E-state index contributed by atoms with van der Waals surface area (Å²) in [6, 6.07) is 10.8. The number of thiophene rings is 1. The maximum absolute atomic E-state index is 9.50. The Bertz CT molecular complexity index is 535. The number of nitrogens with one attached hydrogen (secondary N) is 1. The van der Waals surface area contributed by atoms with Crippen molar-refractivity contribution < 1.29 is 5.11 Å².